The van der Waals surface area contributed by atoms with Crippen molar-refractivity contribution < 1.29 is 0 Å². The van der Waals surface area contributed by atoms with Gasteiger partial charge in [0, 0.05) is 16.5 Å². The van der Waals surface area contributed by atoms with Crippen LogP contribution in [0.15, 0.2) is 212 Å². The highest BCUT2D eigenvalue weighted by atomic mass is 28.3. The van der Waals surface area contributed by atoms with Crippen LogP contribution < -0.4 is 25.6 Å². The number of aryl methyl sites for hydroxylation is 2. The van der Waals surface area contributed by atoms with Crippen LogP contribution in [0, 0.1) is 13.8 Å². The van der Waals surface area contributed by atoms with Gasteiger partial charge in [-0.25, -0.2) is 0 Å². The highest BCUT2D eigenvalue weighted by Gasteiger charge is 2.57. The number of hydrogen-bond donors (Lipinski definition) is 0. The zero-order chi connectivity index (χ0) is 47.8. The molecule has 0 amide bonds. The van der Waals surface area contributed by atoms with Crippen molar-refractivity contribution in [3.63, 3.8) is 0 Å². The topological polar surface area (TPSA) is 3.24 Å². The van der Waals surface area contributed by atoms with E-state index in [1.165, 1.54) is 138 Å². The van der Waals surface area contributed by atoms with Crippen LogP contribution in [-0.2, 0) is 16.2 Å². The van der Waals surface area contributed by atoms with Crippen molar-refractivity contribution in [1.29, 1.82) is 0 Å². The summed E-state index contributed by atoms with van der Waals surface area (Å²) in [5.74, 6) is 0. The van der Waals surface area contributed by atoms with Crippen molar-refractivity contribution >= 4 is 45.9 Å². The molecule has 0 fully saturated rings. The maximum Gasteiger partial charge on any atom is 0.182 e. The molecule has 15 rings (SSSR count). The van der Waals surface area contributed by atoms with Gasteiger partial charge >= 0.3 is 0 Å². The minimum absolute atomic E-state index is 0.203. The Labute approximate surface area is 418 Å². The summed E-state index contributed by atoms with van der Waals surface area (Å²) in [5.41, 5.74) is 26.8. The van der Waals surface area contributed by atoms with Gasteiger partial charge in [0.1, 0.15) is 0 Å². The Bertz CT molecular complexity index is 3880. The van der Waals surface area contributed by atoms with E-state index in [2.05, 4.69) is 259 Å². The lowest BCUT2D eigenvalue weighted by atomic mass is 9.52. The molecule has 0 bridgehead atoms. The molecule has 0 radical (unpaired) electrons. The Morgan fingerprint density at radius 2 is 0.817 bits per heavy atom. The maximum absolute atomic E-state index is 2.80. The van der Waals surface area contributed by atoms with Gasteiger partial charge in [0.2, 0.25) is 0 Å². The molecule has 71 heavy (non-hydrogen) atoms. The average Bonchev–Trinajstić information content (AvgIpc) is 3.94. The number of fused-ring (bicyclic) bond motifs is 21. The maximum atomic E-state index is 2.68. The van der Waals surface area contributed by atoms with Gasteiger partial charge < -0.3 is 4.90 Å². The molecule has 3 heterocycles. The molecule has 1 nitrogen and oxygen atoms in total. The van der Waals surface area contributed by atoms with Gasteiger partial charge in [-0.15, -0.1) is 0 Å². The first-order valence-electron chi connectivity index (χ1n) is 25.5. The van der Waals surface area contributed by atoms with Crippen molar-refractivity contribution in [2.24, 2.45) is 0 Å². The fourth-order valence-corrected chi connectivity index (χ4v) is 20.6. The summed E-state index contributed by atoms with van der Waals surface area (Å²) in [7, 11) is -2.80. The standard InChI is InChI=1S/C69H53NSi/c1-42-28-32-49-50-33-29-43(2)37-65(50)71(64(49)36-42)63-27-17-11-21-48(63)51-34-31-46(39-66(51)71)70-61-35-30-45(44-18-8-7-9-19-44)38-59(61)69(56-25-15-13-23-54(56)68(5,6)55-24-14-16-26-57(55)69)60-40-52-47-20-10-12-22-53(47)67(3,4)58(52)41-62(60)70/h7-41H,1-6H3. The molecule has 10 aromatic carbocycles. The average molecular weight is 924 g/mol. The molecule has 0 atom stereocenters. The van der Waals surface area contributed by atoms with Crippen molar-refractivity contribution in [3.05, 3.63) is 268 Å². The monoisotopic (exact) mass is 923 g/mol. The van der Waals surface area contributed by atoms with Crippen LogP contribution in [0.1, 0.15) is 83.3 Å². The highest BCUT2D eigenvalue weighted by Crippen LogP contribution is 2.65. The van der Waals surface area contributed by atoms with Crippen LogP contribution in [0.2, 0.25) is 0 Å². The second kappa shape index (κ2) is 14.0. The van der Waals surface area contributed by atoms with Crippen molar-refractivity contribution in [1.82, 2.24) is 0 Å². The molecule has 0 aromatic heterocycles. The summed E-state index contributed by atoms with van der Waals surface area (Å²) in [6, 6.07) is 83.2. The predicted molar refractivity (Wildman–Crippen MR) is 299 cm³/mol. The normalized spacial score (nSPS) is 16.5. The molecule has 0 saturated carbocycles. The molecule has 3 aliphatic heterocycles. The number of benzene rings is 10. The second-order valence-corrected chi connectivity index (χ2v) is 25.8. The van der Waals surface area contributed by atoms with E-state index in [-0.39, 0.29) is 10.8 Å². The smallest absolute Gasteiger partial charge is 0.182 e. The van der Waals surface area contributed by atoms with Crippen LogP contribution in [0.4, 0.5) is 17.1 Å². The van der Waals surface area contributed by atoms with Gasteiger partial charge in [0.05, 0.1) is 16.8 Å². The minimum Gasteiger partial charge on any atom is -0.310 e. The van der Waals surface area contributed by atoms with E-state index in [1.54, 1.807) is 0 Å². The van der Waals surface area contributed by atoms with Crippen LogP contribution in [-0.4, -0.2) is 8.07 Å². The summed E-state index contributed by atoms with van der Waals surface area (Å²) in [4.78, 5) is 2.68. The Balaban J connectivity index is 1.10. The number of nitrogens with zero attached hydrogens (tertiary/aromatic N) is 1. The molecule has 0 N–H and O–H groups in total. The summed E-state index contributed by atoms with van der Waals surface area (Å²) in [6.45, 7) is 14.3. The zero-order valence-corrected chi connectivity index (χ0v) is 42.2. The third-order valence-electron chi connectivity index (χ3n) is 17.8. The Hall–Kier alpha value is -7.78. The van der Waals surface area contributed by atoms with Crippen LogP contribution in [0.25, 0.3) is 44.5 Å². The summed E-state index contributed by atoms with van der Waals surface area (Å²) >= 11 is 0. The Kier molecular flexibility index (Phi) is 8.07. The van der Waals surface area contributed by atoms with Crippen LogP contribution in [0.5, 0.6) is 0 Å². The van der Waals surface area contributed by atoms with Gasteiger partial charge in [0.25, 0.3) is 0 Å². The van der Waals surface area contributed by atoms with Gasteiger partial charge in [-0.3, -0.25) is 0 Å². The molecule has 2 spiro atoms. The lowest BCUT2D eigenvalue weighted by Crippen LogP contribution is -2.70. The summed E-state index contributed by atoms with van der Waals surface area (Å²) in [5, 5.41) is 6.02. The van der Waals surface area contributed by atoms with E-state index < -0.39 is 13.5 Å². The van der Waals surface area contributed by atoms with E-state index in [1.807, 2.05) is 0 Å². The molecule has 0 saturated heterocycles. The summed E-state index contributed by atoms with van der Waals surface area (Å²) in [6.07, 6.45) is 0. The van der Waals surface area contributed by atoms with Crippen molar-refractivity contribution in [2.45, 2.75) is 57.8 Å². The zero-order valence-electron chi connectivity index (χ0n) is 41.2. The van der Waals surface area contributed by atoms with Gasteiger partial charge in [-0.05, 0) is 160 Å². The van der Waals surface area contributed by atoms with E-state index in [4.69, 9.17) is 0 Å². The van der Waals surface area contributed by atoms with Gasteiger partial charge in [-0.1, -0.05) is 215 Å². The highest BCUT2D eigenvalue weighted by molar-refractivity contribution is 7.24. The van der Waals surface area contributed by atoms with Gasteiger partial charge in [-0.2, -0.15) is 0 Å². The van der Waals surface area contributed by atoms with E-state index >= 15 is 0 Å². The Morgan fingerprint density at radius 1 is 0.310 bits per heavy atom. The molecular formula is C69H53NSi. The molecule has 338 valence electrons. The largest absolute Gasteiger partial charge is 0.310 e. The molecule has 2 heteroatoms. The molecule has 0 unspecified atom stereocenters. The van der Waals surface area contributed by atoms with Crippen LogP contribution in [0.3, 0.4) is 0 Å². The number of anilines is 3. The molecular weight excluding hydrogens is 871 g/mol. The third kappa shape index (κ3) is 5.01. The first-order valence-corrected chi connectivity index (χ1v) is 27.5. The third-order valence-corrected chi connectivity index (χ3v) is 22.7. The quantitative estimate of drug-likeness (QED) is 0.156. The Morgan fingerprint density at radius 3 is 1.48 bits per heavy atom. The fraction of sp³-hybridized carbons (Fsp3) is 0.130. The van der Waals surface area contributed by atoms with E-state index in [9.17, 15) is 0 Å². The summed E-state index contributed by atoms with van der Waals surface area (Å²) < 4.78 is 0. The molecule has 5 aliphatic rings. The number of rotatable bonds is 2. The fourth-order valence-electron chi connectivity index (χ4n) is 14.7. The minimum atomic E-state index is -2.80. The first kappa shape index (κ1) is 41.0. The molecule has 2 aliphatic carbocycles. The van der Waals surface area contributed by atoms with Crippen LogP contribution >= 0.6 is 0 Å². The van der Waals surface area contributed by atoms with E-state index in [0.717, 1.165) is 0 Å². The van der Waals surface area contributed by atoms with E-state index in [0.29, 0.717) is 0 Å². The van der Waals surface area contributed by atoms with Crippen molar-refractivity contribution in [2.75, 3.05) is 4.90 Å². The first-order chi connectivity index (χ1) is 34.5. The lowest BCUT2D eigenvalue weighted by Gasteiger charge is -2.52. The number of hydrogen-bond acceptors (Lipinski definition) is 1. The lowest BCUT2D eigenvalue weighted by molar-refractivity contribution is 0.556. The second-order valence-electron chi connectivity index (χ2n) is 22.1. The SMILES string of the molecule is Cc1ccc2c(c1)[Si]1(c3ccccc3-c3ccc(N4c5ccc(-c6ccccc6)cc5C5(c6cc7c(cc64)C(C)(C)c4ccccc4-7)c4ccccc4C(C)(C)c4ccccc45)cc31)c1cc(C)ccc1-2. The van der Waals surface area contributed by atoms with Gasteiger partial charge in [0.15, 0.2) is 8.07 Å². The van der Waals surface area contributed by atoms with Crippen molar-refractivity contribution in [3.8, 4) is 44.5 Å². The molecule has 10 aromatic rings. The predicted octanol–water partition coefficient (Wildman–Crippen LogP) is 14.4.